The van der Waals surface area contributed by atoms with Gasteiger partial charge >= 0.3 is 5.69 Å². The van der Waals surface area contributed by atoms with Gasteiger partial charge in [-0.1, -0.05) is 28.0 Å². The molecule has 0 spiro atoms. The van der Waals surface area contributed by atoms with Crippen LogP contribution >= 0.6 is 0 Å². The summed E-state index contributed by atoms with van der Waals surface area (Å²) < 4.78 is 3.08. The van der Waals surface area contributed by atoms with E-state index in [-0.39, 0.29) is 5.69 Å². The maximum Gasteiger partial charge on any atom is 0.524 e. The van der Waals surface area contributed by atoms with E-state index in [2.05, 4.69) is 12.0 Å². The van der Waals surface area contributed by atoms with Gasteiger partial charge in [-0.2, -0.15) is 9.36 Å². The van der Waals surface area contributed by atoms with Crippen LogP contribution in [0.5, 0.6) is 0 Å². The fourth-order valence-electron chi connectivity index (χ4n) is 2.27. The van der Waals surface area contributed by atoms with E-state index in [1.165, 1.54) is 10.2 Å². The largest absolute Gasteiger partial charge is 0.524 e. The molecule has 3 rings (SSSR count). The summed E-state index contributed by atoms with van der Waals surface area (Å²) in [6.45, 7) is 4.09. The summed E-state index contributed by atoms with van der Waals surface area (Å²) in [6, 6.07) is 13.5. The van der Waals surface area contributed by atoms with Crippen LogP contribution in [-0.4, -0.2) is 9.78 Å². The molecule has 0 N–H and O–H groups in total. The average molecular weight is 266 g/mol. The Bertz CT molecular complexity index is 851. The molecule has 0 aliphatic carbocycles. The van der Waals surface area contributed by atoms with Crippen LogP contribution in [0.25, 0.3) is 16.7 Å². The zero-order valence-corrected chi connectivity index (χ0v) is 11.8. The summed E-state index contributed by atoms with van der Waals surface area (Å²) in [7, 11) is 1.78. The molecule has 0 unspecified atom stereocenters. The highest BCUT2D eigenvalue weighted by molar-refractivity contribution is 5.72. The minimum atomic E-state index is -0.146. The van der Waals surface area contributed by atoms with Gasteiger partial charge in [-0.3, -0.25) is 0 Å². The minimum Gasteiger partial charge on any atom is -0.194 e. The third-order valence-corrected chi connectivity index (χ3v) is 3.63. The lowest BCUT2D eigenvalue weighted by atomic mass is 10.1. The lowest BCUT2D eigenvalue weighted by Gasteiger charge is -2.05. The molecule has 0 bridgehead atoms. The lowest BCUT2D eigenvalue weighted by molar-refractivity contribution is -0.665. The molecule has 20 heavy (non-hydrogen) atoms. The lowest BCUT2D eigenvalue weighted by Crippen LogP contribution is -2.52. The number of para-hydroxylation sites is 1. The van der Waals surface area contributed by atoms with Gasteiger partial charge in [-0.25, -0.2) is 0 Å². The Morgan fingerprint density at radius 2 is 1.70 bits per heavy atom. The second-order valence-corrected chi connectivity index (χ2v) is 5.01. The number of hydrogen-bond donors (Lipinski definition) is 0. The third kappa shape index (κ3) is 1.90. The van der Waals surface area contributed by atoms with E-state index in [4.69, 9.17) is 0 Å². The Morgan fingerprint density at radius 1 is 1.05 bits per heavy atom. The Morgan fingerprint density at radius 3 is 2.40 bits per heavy atom. The Labute approximate surface area is 116 Å². The first-order valence-electron chi connectivity index (χ1n) is 6.53. The first-order valence-corrected chi connectivity index (χ1v) is 6.53. The second kappa shape index (κ2) is 4.56. The van der Waals surface area contributed by atoms with Crippen LogP contribution < -0.4 is 10.3 Å². The van der Waals surface area contributed by atoms with Crippen molar-refractivity contribution in [1.29, 1.82) is 0 Å². The van der Waals surface area contributed by atoms with Crippen molar-refractivity contribution < 1.29 is 4.57 Å². The van der Waals surface area contributed by atoms with Gasteiger partial charge in [0.1, 0.15) is 0 Å². The van der Waals surface area contributed by atoms with Crippen LogP contribution in [0.1, 0.15) is 11.1 Å². The standard InChI is InChI=1S/C16H16N3O/c1-11-9-14-15(10-12(11)2)18(3)16(20)19(17-14)13-7-5-4-6-8-13/h4-10H,1-3H3/q+1. The summed E-state index contributed by atoms with van der Waals surface area (Å²) in [5, 5.41) is 4.49. The summed E-state index contributed by atoms with van der Waals surface area (Å²) in [6.07, 6.45) is 0. The summed E-state index contributed by atoms with van der Waals surface area (Å²) in [5.74, 6) is 0. The van der Waals surface area contributed by atoms with Gasteiger partial charge in [-0.15, -0.1) is 0 Å². The van der Waals surface area contributed by atoms with E-state index in [1.54, 1.807) is 11.6 Å². The van der Waals surface area contributed by atoms with Crippen LogP contribution in [0.3, 0.4) is 0 Å². The highest BCUT2D eigenvalue weighted by Gasteiger charge is 2.17. The van der Waals surface area contributed by atoms with Crippen molar-refractivity contribution in [3.63, 3.8) is 0 Å². The third-order valence-electron chi connectivity index (χ3n) is 3.63. The van der Waals surface area contributed by atoms with Gasteiger partial charge in [0, 0.05) is 0 Å². The van der Waals surface area contributed by atoms with Gasteiger partial charge in [0.05, 0.1) is 7.05 Å². The second-order valence-electron chi connectivity index (χ2n) is 5.01. The Hall–Kier alpha value is -2.49. The van der Waals surface area contributed by atoms with Crippen molar-refractivity contribution in [3.05, 3.63) is 64.1 Å². The molecule has 2 aromatic carbocycles. The summed E-state index contributed by atoms with van der Waals surface area (Å²) in [5.41, 5.74) is 4.62. The predicted molar refractivity (Wildman–Crippen MR) is 78.0 cm³/mol. The highest BCUT2D eigenvalue weighted by atomic mass is 16.2. The number of benzene rings is 2. The summed E-state index contributed by atoms with van der Waals surface area (Å²) >= 11 is 0. The fraction of sp³-hybridized carbons (Fsp3) is 0.188. The molecule has 4 heteroatoms. The number of hydrogen-bond acceptors (Lipinski definition) is 2. The molecule has 100 valence electrons. The molecular formula is C16H16N3O+. The SMILES string of the molecule is Cc1cc2nn(-c3ccccc3)c(=O)[n+](C)c2cc1C. The molecule has 0 saturated heterocycles. The molecule has 0 amide bonds. The molecule has 0 aliphatic heterocycles. The van der Waals surface area contributed by atoms with Crippen molar-refractivity contribution in [2.24, 2.45) is 7.05 Å². The maximum absolute atomic E-state index is 12.4. The van der Waals surface area contributed by atoms with E-state index in [1.807, 2.05) is 49.4 Å². The van der Waals surface area contributed by atoms with E-state index in [0.29, 0.717) is 0 Å². The molecule has 0 radical (unpaired) electrons. The first-order chi connectivity index (χ1) is 9.58. The number of fused-ring (bicyclic) bond motifs is 1. The van der Waals surface area contributed by atoms with Crippen molar-refractivity contribution in [1.82, 2.24) is 9.78 Å². The highest BCUT2D eigenvalue weighted by Crippen LogP contribution is 2.14. The molecular weight excluding hydrogens is 250 g/mol. The topological polar surface area (TPSA) is 38.8 Å². The summed E-state index contributed by atoms with van der Waals surface area (Å²) in [4.78, 5) is 12.4. The number of nitrogens with zero attached hydrogens (tertiary/aromatic N) is 3. The van der Waals surface area contributed by atoms with Crippen molar-refractivity contribution in [2.75, 3.05) is 0 Å². The molecule has 0 fully saturated rings. The Balaban J connectivity index is 2.39. The zero-order valence-electron chi connectivity index (χ0n) is 11.8. The zero-order chi connectivity index (χ0) is 14.3. The van der Waals surface area contributed by atoms with Crippen LogP contribution in [0.2, 0.25) is 0 Å². The molecule has 0 atom stereocenters. The van der Waals surface area contributed by atoms with Gasteiger partial charge < -0.3 is 0 Å². The smallest absolute Gasteiger partial charge is 0.194 e. The predicted octanol–water partition coefficient (Wildman–Crippen LogP) is 1.83. The van der Waals surface area contributed by atoms with Crippen LogP contribution in [0, 0.1) is 13.8 Å². The van der Waals surface area contributed by atoms with Gasteiger partial charge in [-0.05, 0) is 49.2 Å². The van der Waals surface area contributed by atoms with Crippen molar-refractivity contribution >= 4 is 11.0 Å². The van der Waals surface area contributed by atoms with Crippen LogP contribution in [0.15, 0.2) is 47.3 Å². The van der Waals surface area contributed by atoms with Gasteiger partial charge in [0.2, 0.25) is 0 Å². The quantitative estimate of drug-likeness (QED) is 0.630. The van der Waals surface area contributed by atoms with Crippen molar-refractivity contribution in [3.8, 4) is 5.69 Å². The molecule has 1 aromatic heterocycles. The average Bonchev–Trinajstić information content (AvgIpc) is 2.46. The number of rotatable bonds is 1. The molecule has 1 heterocycles. The van der Waals surface area contributed by atoms with Gasteiger partial charge in [0.25, 0.3) is 0 Å². The molecule has 3 aromatic rings. The van der Waals surface area contributed by atoms with Crippen LogP contribution in [0.4, 0.5) is 0 Å². The maximum atomic E-state index is 12.4. The minimum absolute atomic E-state index is 0.146. The Kier molecular flexibility index (Phi) is 2.86. The monoisotopic (exact) mass is 266 g/mol. The molecule has 0 aliphatic rings. The van der Waals surface area contributed by atoms with E-state index in [9.17, 15) is 4.79 Å². The molecule has 4 nitrogen and oxygen atoms in total. The van der Waals surface area contributed by atoms with E-state index in [0.717, 1.165) is 22.3 Å². The number of aryl methyl sites for hydroxylation is 3. The molecule has 0 saturated carbocycles. The van der Waals surface area contributed by atoms with E-state index >= 15 is 0 Å². The van der Waals surface area contributed by atoms with E-state index < -0.39 is 0 Å². The fourth-order valence-corrected chi connectivity index (χ4v) is 2.27. The first kappa shape index (κ1) is 12.5. The van der Waals surface area contributed by atoms with Crippen LogP contribution in [-0.2, 0) is 7.05 Å². The van der Waals surface area contributed by atoms with Gasteiger partial charge in [0.15, 0.2) is 16.7 Å². The van der Waals surface area contributed by atoms with Crippen molar-refractivity contribution in [2.45, 2.75) is 13.8 Å². The normalized spacial score (nSPS) is 10.9. The number of aromatic nitrogens is 3.